The number of hydroxylamine groups is 1. The summed E-state index contributed by atoms with van der Waals surface area (Å²) in [6, 6.07) is 21.9. The predicted molar refractivity (Wildman–Crippen MR) is 158 cm³/mol. The van der Waals surface area contributed by atoms with Gasteiger partial charge in [-0.15, -0.1) is 0 Å². The summed E-state index contributed by atoms with van der Waals surface area (Å²) in [5.74, 6) is -1.74. The van der Waals surface area contributed by atoms with Crippen molar-refractivity contribution in [2.24, 2.45) is 0 Å². The molecule has 0 unspecified atom stereocenters. The van der Waals surface area contributed by atoms with Gasteiger partial charge in [-0.25, -0.2) is 10.3 Å². The van der Waals surface area contributed by atoms with Crippen LogP contribution < -0.4 is 16.1 Å². The molecule has 0 spiro atoms. The van der Waals surface area contributed by atoms with Crippen LogP contribution in [0.1, 0.15) is 65.0 Å². The molecule has 0 aromatic heterocycles. The van der Waals surface area contributed by atoms with Crippen molar-refractivity contribution >= 4 is 40.4 Å². The van der Waals surface area contributed by atoms with Gasteiger partial charge in [0, 0.05) is 35.4 Å². The summed E-state index contributed by atoms with van der Waals surface area (Å²) in [7, 11) is 0. The van der Waals surface area contributed by atoms with Crippen molar-refractivity contribution in [1.29, 1.82) is 0 Å². The Labute approximate surface area is 239 Å². The van der Waals surface area contributed by atoms with E-state index in [9.17, 15) is 19.5 Å². The van der Waals surface area contributed by atoms with E-state index in [0.717, 1.165) is 12.1 Å². The van der Waals surface area contributed by atoms with Crippen LogP contribution in [0.5, 0.6) is 0 Å². The molecule has 2 amide bonds. The molecule has 1 fully saturated rings. The first-order valence-electron chi connectivity index (χ1n) is 13.9. The topological polar surface area (TPSA) is 120 Å². The molecule has 0 bridgehead atoms. The van der Waals surface area contributed by atoms with Crippen molar-refractivity contribution in [1.82, 2.24) is 10.4 Å². The number of carbonyl (C=O) groups is 3. The number of nitrogens with zero attached hydrogens (tertiary/aromatic N) is 1. The Hall–Kier alpha value is -4.47. The number of aromatic carboxylic acids is 1. The first-order chi connectivity index (χ1) is 19.8. The van der Waals surface area contributed by atoms with Gasteiger partial charge < -0.3 is 15.7 Å². The van der Waals surface area contributed by atoms with Gasteiger partial charge in [-0.05, 0) is 68.7 Å². The molecule has 9 heteroatoms. The summed E-state index contributed by atoms with van der Waals surface area (Å²) < 4.78 is 0. The summed E-state index contributed by atoms with van der Waals surface area (Å²) in [5.41, 5.74) is 6.52. The maximum absolute atomic E-state index is 13.1. The Morgan fingerprint density at radius 3 is 2.32 bits per heavy atom. The molecule has 2 aliphatic rings. The van der Waals surface area contributed by atoms with Gasteiger partial charge in [0.05, 0.1) is 29.1 Å². The second-order valence-electron chi connectivity index (χ2n) is 10.5. The molecular weight excluding hydrogens is 520 g/mol. The fourth-order valence-electron chi connectivity index (χ4n) is 5.53. The summed E-state index contributed by atoms with van der Waals surface area (Å²) in [4.78, 5) is 45.1. The number of anilines is 2. The summed E-state index contributed by atoms with van der Waals surface area (Å²) in [5, 5.41) is 15.5. The summed E-state index contributed by atoms with van der Waals surface area (Å²) in [6.07, 6.45) is 3.62. The van der Waals surface area contributed by atoms with Gasteiger partial charge in [0.25, 0.3) is 11.8 Å². The predicted octanol–water partition coefficient (Wildman–Crippen LogP) is 5.24. The third kappa shape index (κ3) is 6.32. The number of carbonyl (C=O) groups excluding carboxylic acids is 2. The van der Waals surface area contributed by atoms with E-state index in [0.29, 0.717) is 52.5 Å². The lowest BCUT2D eigenvalue weighted by molar-refractivity contribution is -0.110. The lowest BCUT2D eigenvalue weighted by atomic mass is 9.98. The lowest BCUT2D eigenvalue weighted by Gasteiger charge is -2.38. The third-order valence-corrected chi connectivity index (χ3v) is 7.73. The first kappa shape index (κ1) is 28.1. The number of likely N-dealkylation sites (tertiary alicyclic amines) is 1. The van der Waals surface area contributed by atoms with Crippen LogP contribution in [0.4, 0.5) is 11.4 Å². The highest BCUT2D eigenvalue weighted by Gasteiger charge is 2.29. The zero-order valence-corrected chi connectivity index (χ0v) is 23.1. The Morgan fingerprint density at radius 1 is 0.951 bits per heavy atom. The largest absolute Gasteiger partial charge is 0.478 e. The van der Waals surface area contributed by atoms with Gasteiger partial charge in [0.1, 0.15) is 0 Å². The van der Waals surface area contributed by atoms with E-state index in [1.807, 2.05) is 30.3 Å². The van der Waals surface area contributed by atoms with E-state index in [2.05, 4.69) is 34.9 Å². The van der Waals surface area contributed by atoms with E-state index in [1.54, 1.807) is 30.3 Å². The molecule has 0 radical (unpaired) electrons. The highest BCUT2D eigenvalue weighted by atomic mass is 16.7. The van der Waals surface area contributed by atoms with Crippen molar-refractivity contribution in [3.05, 3.63) is 95.1 Å². The maximum atomic E-state index is 13.1. The smallest absolute Gasteiger partial charge is 0.335 e. The standard InChI is InChI=1S/C32H34N4O5/c1-20-7-6-8-21(2)36(20)17-18-41-35-30(37)23-11-14-25(15-12-23)33-29(22-9-4-3-5-10-22)28-26-16-13-24(32(39)40)19-27(26)34-31(28)38/h3-5,9-16,19-21,33H,6-8,17-18H2,1-2H3,(H,34,38)(H,35,37)(H,39,40)/t20-,21+. The second kappa shape index (κ2) is 12.4. The summed E-state index contributed by atoms with van der Waals surface area (Å²) >= 11 is 0. The number of nitrogens with one attached hydrogen (secondary N) is 3. The Balaban J connectivity index is 1.30. The number of fused-ring (bicyclic) bond motifs is 1. The molecule has 1 saturated heterocycles. The molecule has 3 aromatic rings. The Morgan fingerprint density at radius 2 is 1.63 bits per heavy atom. The van der Waals surface area contributed by atoms with E-state index >= 15 is 0 Å². The van der Waals surface area contributed by atoms with Crippen LogP contribution in [0.3, 0.4) is 0 Å². The maximum Gasteiger partial charge on any atom is 0.335 e. The number of carboxylic acid groups (broad SMARTS) is 1. The normalized spacial score (nSPS) is 19.7. The van der Waals surface area contributed by atoms with E-state index in [4.69, 9.17) is 4.84 Å². The van der Waals surface area contributed by atoms with Crippen molar-refractivity contribution in [2.45, 2.75) is 45.2 Å². The molecule has 2 heterocycles. The van der Waals surface area contributed by atoms with Crippen LogP contribution in [0.2, 0.25) is 0 Å². The minimum atomic E-state index is -1.07. The van der Waals surface area contributed by atoms with Crippen LogP contribution >= 0.6 is 0 Å². The quantitative estimate of drug-likeness (QED) is 0.162. The Kier molecular flexibility index (Phi) is 8.47. The number of amides is 2. The minimum absolute atomic E-state index is 0.0907. The highest BCUT2D eigenvalue weighted by molar-refractivity contribution is 6.37. The fraction of sp³-hybridized carbons (Fsp3) is 0.281. The number of hydrogen-bond donors (Lipinski definition) is 4. The lowest BCUT2D eigenvalue weighted by Crippen LogP contribution is -2.45. The Bertz CT molecular complexity index is 1460. The second-order valence-corrected chi connectivity index (χ2v) is 10.5. The van der Waals surface area contributed by atoms with Crippen molar-refractivity contribution in [2.75, 3.05) is 23.8 Å². The average molecular weight is 555 g/mol. The van der Waals surface area contributed by atoms with Gasteiger partial charge in [0.15, 0.2) is 0 Å². The number of benzene rings is 3. The van der Waals surface area contributed by atoms with E-state index in [1.165, 1.54) is 31.4 Å². The number of carboxylic acids is 1. The van der Waals surface area contributed by atoms with Gasteiger partial charge in [-0.2, -0.15) is 0 Å². The third-order valence-electron chi connectivity index (χ3n) is 7.73. The minimum Gasteiger partial charge on any atom is -0.478 e. The van der Waals surface area contributed by atoms with Crippen molar-refractivity contribution in [3.8, 4) is 0 Å². The van der Waals surface area contributed by atoms with Gasteiger partial charge in [0.2, 0.25) is 0 Å². The van der Waals surface area contributed by atoms with Crippen molar-refractivity contribution in [3.63, 3.8) is 0 Å². The zero-order valence-electron chi connectivity index (χ0n) is 23.1. The van der Waals surface area contributed by atoms with Crippen LogP contribution in [0, 0.1) is 0 Å². The molecular formula is C32H34N4O5. The van der Waals surface area contributed by atoms with Crippen LogP contribution in [0.25, 0.3) is 11.3 Å². The molecule has 5 rings (SSSR count). The molecule has 41 heavy (non-hydrogen) atoms. The molecule has 212 valence electrons. The molecule has 2 atom stereocenters. The number of hydrogen-bond acceptors (Lipinski definition) is 6. The van der Waals surface area contributed by atoms with Gasteiger partial charge >= 0.3 is 5.97 Å². The molecule has 9 nitrogen and oxygen atoms in total. The van der Waals surface area contributed by atoms with Crippen LogP contribution in [0.15, 0.2) is 72.8 Å². The average Bonchev–Trinajstić information content (AvgIpc) is 3.30. The zero-order chi connectivity index (χ0) is 28.9. The summed E-state index contributed by atoms with van der Waals surface area (Å²) in [6.45, 7) is 5.63. The number of rotatable bonds is 9. The van der Waals surface area contributed by atoms with Crippen LogP contribution in [-0.4, -0.2) is 53.0 Å². The van der Waals surface area contributed by atoms with Crippen molar-refractivity contribution < 1.29 is 24.3 Å². The molecule has 4 N–H and O–H groups in total. The van der Waals surface area contributed by atoms with Gasteiger partial charge in [-0.3, -0.25) is 19.3 Å². The number of piperidine rings is 1. The molecule has 0 aliphatic carbocycles. The highest BCUT2D eigenvalue weighted by Crippen LogP contribution is 2.38. The van der Waals surface area contributed by atoms with E-state index < -0.39 is 5.97 Å². The monoisotopic (exact) mass is 554 g/mol. The van der Waals surface area contributed by atoms with Crippen LogP contribution in [-0.2, 0) is 9.63 Å². The van der Waals surface area contributed by atoms with E-state index in [-0.39, 0.29) is 17.4 Å². The van der Waals surface area contributed by atoms with Gasteiger partial charge in [-0.1, -0.05) is 42.8 Å². The SMILES string of the molecule is C[C@@H]1CCC[C@H](C)N1CCONC(=O)c1ccc(NC(=C2C(=O)Nc3cc(C(=O)O)ccc32)c2ccccc2)cc1. The first-order valence-corrected chi connectivity index (χ1v) is 13.9. The molecule has 2 aliphatic heterocycles. The fourth-order valence-corrected chi connectivity index (χ4v) is 5.53. The molecule has 3 aromatic carbocycles. The molecule has 0 saturated carbocycles.